The van der Waals surface area contributed by atoms with Crippen LogP contribution in [-0.2, 0) is 0 Å². The highest BCUT2D eigenvalue weighted by Gasteiger charge is 2.14. The van der Waals surface area contributed by atoms with Gasteiger partial charge in [0, 0.05) is 5.56 Å². The molecule has 0 radical (unpaired) electrons. The van der Waals surface area contributed by atoms with Gasteiger partial charge in [0.15, 0.2) is 0 Å². The first kappa shape index (κ1) is 11.3. The number of hydrogen-bond donors (Lipinski definition) is 2. The molecule has 0 saturated heterocycles. The normalized spacial score (nSPS) is 10.8. The number of aromatic amines is 1. The van der Waals surface area contributed by atoms with Gasteiger partial charge in [-0.25, -0.2) is 4.39 Å². The van der Waals surface area contributed by atoms with E-state index in [2.05, 4.69) is 25.3 Å². The standard InChI is InChI=1S/C11H9FN6O/c1-5-2-3-6(4-7(5)12)8-14-10(19-18-8)9-15-11(13)17-16-9/h2-4H,1H3,(H3,13,15,16,17). The molecule has 0 unspecified atom stereocenters. The maximum atomic E-state index is 13.5. The Morgan fingerprint density at radius 2 is 2.16 bits per heavy atom. The predicted molar refractivity (Wildman–Crippen MR) is 64.2 cm³/mol. The van der Waals surface area contributed by atoms with Crippen LogP contribution >= 0.6 is 0 Å². The lowest BCUT2D eigenvalue weighted by molar-refractivity contribution is 0.429. The summed E-state index contributed by atoms with van der Waals surface area (Å²) in [6.45, 7) is 1.68. The second-order valence-electron chi connectivity index (χ2n) is 3.93. The van der Waals surface area contributed by atoms with Crippen LogP contribution in [0.2, 0.25) is 0 Å². The van der Waals surface area contributed by atoms with E-state index >= 15 is 0 Å². The molecule has 0 spiro atoms. The number of nitrogens with two attached hydrogens (primary N) is 1. The summed E-state index contributed by atoms with van der Waals surface area (Å²) in [6.07, 6.45) is 0. The van der Waals surface area contributed by atoms with E-state index in [0.717, 1.165) is 0 Å². The van der Waals surface area contributed by atoms with Crippen molar-refractivity contribution in [3.05, 3.63) is 29.6 Å². The van der Waals surface area contributed by atoms with Crippen LogP contribution in [0.15, 0.2) is 22.7 Å². The lowest BCUT2D eigenvalue weighted by Crippen LogP contribution is -1.87. The number of nitrogens with one attached hydrogen (secondary N) is 1. The van der Waals surface area contributed by atoms with Gasteiger partial charge in [-0.3, -0.25) is 5.10 Å². The average molecular weight is 260 g/mol. The zero-order chi connectivity index (χ0) is 13.4. The third kappa shape index (κ3) is 2.03. The molecule has 3 rings (SSSR count). The van der Waals surface area contributed by atoms with E-state index in [4.69, 9.17) is 10.3 Å². The van der Waals surface area contributed by atoms with E-state index in [0.29, 0.717) is 11.1 Å². The number of nitrogens with zero attached hydrogens (tertiary/aromatic N) is 4. The lowest BCUT2D eigenvalue weighted by Gasteiger charge is -1.97. The molecule has 0 aliphatic heterocycles. The molecule has 0 amide bonds. The molecule has 96 valence electrons. The Hall–Kier alpha value is -2.77. The minimum absolute atomic E-state index is 0.0798. The molecule has 0 atom stereocenters. The van der Waals surface area contributed by atoms with Crippen molar-refractivity contribution >= 4 is 5.95 Å². The molecule has 0 saturated carbocycles. The second-order valence-corrected chi connectivity index (χ2v) is 3.93. The maximum absolute atomic E-state index is 13.5. The molecular formula is C11H9FN6O. The Balaban J connectivity index is 1.98. The fourth-order valence-electron chi connectivity index (χ4n) is 1.54. The summed E-state index contributed by atoms with van der Waals surface area (Å²) in [5, 5.41) is 9.97. The number of hydrogen-bond acceptors (Lipinski definition) is 6. The highest BCUT2D eigenvalue weighted by atomic mass is 19.1. The van der Waals surface area contributed by atoms with Crippen molar-refractivity contribution in [2.45, 2.75) is 6.92 Å². The van der Waals surface area contributed by atoms with Crippen LogP contribution in [0.25, 0.3) is 23.1 Å². The number of H-pyrrole nitrogens is 1. The van der Waals surface area contributed by atoms with Crippen LogP contribution in [0.4, 0.5) is 10.3 Å². The van der Waals surface area contributed by atoms with E-state index in [1.54, 1.807) is 19.1 Å². The molecule has 2 heterocycles. The molecule has 0 aliphatic rings. The van der Waals surface area contributed by atoms with Gasteiger partial charge in [-0.1, -0.05) is 17.3 Å². The van der Waals surface area contributed by atoms with Gasteiger partial charge in [-0.15, -0.1) is 5.10 Å². The Kier molecular flexibility index (Phi) is 2.48. The lowest BCUT2D eigenvalue weighted by atomic mass is 10.1. The predicted octanol–water partition coefficient (Wildman–Crippen LogP) is 1.55. The highest BCUT2D eigenvalue weighted by molar-refractivity contribution is 5.57. The van der Waals surface area contributed by atoms with Crippen LogP contribution < -0.4 is 5.73 Å². The molecule has 0 bridgehead atoms. The summed E-state index contributed by atoms with van der Waals surface area (Å²) in [5.74, 6) is 0.428. The van der Waals surface area contributed by atoms with Crippen LogP contribution in [0.1, 0.15) is 5.56 Å². The van der Waals surface area contributed by atoms with E-state index in [-0.39, 0.29) is 29.3 Å². The molecule has 1 aromatic carbocycles. The minimum Gasteiger partial charge on any atom is -0.366 e. The fraction of sp³-hybridized carbons (Fsp3) is 0.0909. The van der Waals surface area contributed by atoms with E-state index in [9.17, 15) is 4.39 Å². The van der Waals surface area contributed by atoms with Crippen molar-refractivity contribution in [1.29, 1.82) is 0 Å². The second kappa shape index (κ2) is 4.16. The van der Waals surface area contributed by atoms with Crippen molar-refractivity contribution in [1.82, 2.24) is 25.3 Å². The van der Waals surface area contributed by atoms with E-state index in [1.165, 1.54) is 6.07 Å². The zero-order valence-electron chi connectivity index (χ0n) is 9.88. The molecule has 2 aromatic heterocycles. The third-order valence-corrected chi connectivity index (χ3v) is 2.56. The SMILES string of the molecule is Cc1ccc(-c2noc(-c3nc(N)n[nH]3)n2)cc1F. The summed E-state index contributed by atoms with van der Waals surface area (Å²) in [6, 6.07) is 4.70. The van der Waals surface area contributed by atoms with Crippen molar-refractivity contribution in [2.75, 3.05) is 5.73 Å². The summed E-state index contributed by atoms with van der Waals surface area (Å²) in [7, 11) is 0. The number of halogens is 1. The molecule has 3 aromatic rings. The first-order valence-corrected chi connectivity index (χ1v) is 5.42. The Bertz CT molecular complexity index is 734. The minimum atomic E-state index is -0.326. The van der Waals surface area contributed by atoms with Crippen LogP contribution in [0, 0.1) is 12.7 Å². The van der Waals surface area contributed by atoms with Crippen LogP contribution in [0.3, 0.4) is 0 Å². The van der Waals surface area contributed by atoms with E-state index < -0.39 is 0 Å². The largest absolute Gasteiger partial charge is 0.366 e. The Morgan fingerprint density at radius 3 is 2.84 bits per heavy atom. The van der Waals surface area contributed by atoms with Gasteiger partial charge in [0.1, 0.15) is 5.82 Å². The summed E-state index contributed by atoms with van der Waals surface area (Å²) >= 11 is 0. The average Bonchev–Trinajstić information content (AvgIpc) is 3.01. The number of nitrogen functional groups attached to an aromatic ring is 1. The van der Waals surface area contributed by atoms with Crippen molar-refractivity contribution in [3.63, 3.8) is 0 Å². The summed E-state index contributed by atoms with van der Waals surface area (Å²) in [5.41, 5.74) is 6.45. The van der Waals surface area contributed by atoms with Gasteiger partial charge in [0.25, 0.3) is 5.89 Å². The topological polar surface area (TPSA) is 107 Å². The van der Waals surface area contributed by atoms with Crippen LogP contribution in [-0.4, -0.2) is 25.3 Å². The van der Waals surface area contributed by atoms with Crippen molar-refractivity contribution in [3.8, 4) is 23.1 Å². The van der Waals surface area contributed by atoms with Crippen molar-refractivity contribution in [2.24, 2.45) is 0 Å². The van der Waals surface area contributed by atoms with Crippen molar-refractivity contribution < 1.29 is 8.91 Å². The first-order chi connectivity index (χ1) is 9.13. The molecule has 19 heavy (non-hydrogen) atoms. The monoisotopic (exact) mass is 260 g/mol. The number of aromatic nitrogens is 5. The van der Waals surface area contributed by atoms with E-state index in [1.807, 2.05) is 0 Å². The third-order valence-electron chi connectivity index (χ3n) is 2.56. The van der Waals surface area contributed by atoms with Gasteiger partial charge in [-0.05, 0) is 18.6 Å². The number of aryl methyl sites for hydroxylation is 1. The fourth-order valence-corrected chi connectivity index (χ4v) is 1.54. The van der Waals surface area contributed by atoms with Gasteiger partial charge in [0.2, 0.25) is 17.6 Å². The van der Waals surface area contributed by atoms with Gasteiger partial charge in [0.05, 0.1) is 0 Å². The van der Waals surface area contributed by atoms with Gasteiger partial charge >= 0.3 is 0 Å². The summed E-state index contributed by atoms with van der Waals surface area (Å²) in [4.78, 5) is 7.96. The number of anilines is 1. The Labute approximate surface area is 106 Å². The number of rotatable bonds is 2. The Morgan fingerprint density at radius 1 is 1.32 bits per heavy atom. The molecule has 0 fully saturated rings. The first-order valence-electron chi connectivity index (χ1n) is 5.42. The highest BCUT2D eigenvalue weighted by Crippen LogP contribution is 2.21. The number of benzene rings is 1. The van der Waals surface area contributed by atoms with Gasteiger partial charge < -0.3 is 10.3 Å². The molecular weight excluding hydrogens is 251 g/mol. The van der Waals surface area contributed by atoms with Crippen LogP contribution in [0.5, 0.6) is 0 Å². The molecule has 7 nitrogen and oxygen atoms in total. The molecule has 8 heteroatoms. The maximum Gasteiger partial charge on any atom is 0.295 e. The quantitative estimate of drug-likeness (QED) is 0.724. The molecule has 3 N–H and O–H groups in total. The van der Waals surface area contributed by atoms with Gasteiger partial charge in [-0.2, -0.15) is 9.97 Å². The molecule has 0 aliphatic carbocycles. The smallest absolute Gasteiger partial charge is 0.295 e. The summed E-state index contributed by atoms with van der Waals surface area (Å²) < 4.78 is 18.5. The zero-order valence-corrected chi connectivity index (χ0v) is 9.88.